The van der Waals surface area contributed by atoms with Crippen LogP contribution in [0.5, 0.6) is 0 Å². The summed E-state index contributed by atoms with van der Waals surface area (Å²) in [5.41, 5.74) is 3.21. The van der Waals surface area contributed by atoms with Gasteiger partial charge < -0.3 is 10.6 Å². The average Bonchev–Trinajstić information content (AvgIpc) is 2.56. The quantitative estimate of drug-likeness (QED) is 0.352. The van der Waals surface area contributed by atoms with Crippen LogP contribution < -0.4 is 15.8 Å². The van der Waals surface area contributed by atoms with Crippen LogP contribution >= 0.6 is 24.0 Å². The van der Waals surface area contributed by atoms with Crippen molar-refractivity contribution in [1.82, 2.24) is 10.6 Å². The van der Waals surface area contributed by atoms with Crippen LogP contribution in [0.2, 0.25) is 0 Å². The van der Waals surface area contributed by atoms with Crippen LogP contribution in [-0.2, 0) is 23.1 Å². The fraction of sp³-hybridized carbons (Fsp3) is 0.235. The zero-order valence-electron chi connectivity index (χ0n) is 14.2. The Hall–Kier alpha value is -1.65. The Morgan fingerprint density at radius 2 is 1.76 bits per heavy atom. The zero-order valence-corrected chi connectivity index (χ0v) is 17.3. The molecule has 0 spiro atoms. The topological polar surface area (TPSA) is 96.6 Å². The molecule has 4 N–H and O–H groups in total. The van der Waals surface area contributed by atoms with Gasteiger partial charge in [0.05, 0.1) is 4.90 Å². The minimum atomic E-state index is -3.69. The number of nitrogens with one attached hydrogen (secondary N) is 2. The maximum atomic E-state index is 11.4. The lowest BCUT2D eigenvalue weighted by atomic mass is 10.1. The first-order valence-corrected chi connectivity index (χ1v) is 9.05. The highest BCUT2D eigenvalue weighted by atomic mass is 127. The van der Waals surface area contributed by atoms with Gasteiger partial charge >= 0.3 is 0 Å². The van der Waals surface area contributed by atoms with Crippen molar-refractivity contribution in [2.45, 2.75) is 24.9 Å². The van der Waals surface area contributed by atoms with Crippen molar-refractivity contribution in [1.29, 1.82) is 0 Å². The first kappa shape index (κ1) is 21.4. The molecule has 0 saturated carbocycles. The highest BCUT2D eigenvalue weighted by Gasteiger charge is 2.08. The number of halogens is 1. The second-order valence-electron chi connectivity index (χ2n) is 5.40. The third-order valence-corrected chi connectivity index (χ3v) is 4.53. The molecule has 2 rings (SSSR count). The lowest BCUT2D eigenvalue weighted by Crippen LogP contribution is -2.36. The summed E-state index contributed by atoms with van der Waals surface area (Å²) in [6.07, 6.45) is 0. The van der Waals surface area contributed by atoms with Gasteiger partial charge in [0, 0.05) is 20.1 Å². The Kier molecular flexibility index (Phi) is 8.33. The number of aliphatic imine (C=N–C) groups is 1. The number of hydrogen-bond donors (Lipinski definition) is 3. The van der Waals surface area contributed by atoms with Crippen LogP contribution in [0.15, 0.2) is 58.4 Å². The summed E-state index contributed by atoms with van der Waals surface area (Å²) in [6.45, 7) is 3.16. The Morgan fingerprint density at radius 1 is 1.08 bits per heavy atom. The highest BCUT2D eigenvalue weighted by Crippen LogP contribution is 2.09. The standard InChI is InChI=1S/C17H22N4O2S.HI/c1-13-6-3-4-8-15(13)12-21-17(19-2)20-11-14-7-5-9-16(10-14)24(18,22)23;/h3-10H,11-12H2,1-2H3,(H2,18,22,23)(H2,19,20,21);1H. The SMILES string of the molecule is CN=C(NCc1cccc(S(N)(=O)=O)c1)NCc1ccccc1C.I. The maximum Gasteiger partial charge on any atom is 0.238 e. The summed E-state index contributed by atoms with van der Waals surface area (Å²) in [7, 11) is -2.01. The second kappa shape index (κ2) is 9.73. The van der Waals surface area contributed by atoms with Gasteiger partial charge in [-0.3, -0.25) is 4.99 Å². The van der Waals surface area contributed by atoms with Gasteiger partial charge in [-0.1, -0.05) is 36.4 Å². The van der Waals surface area contributed by atoms with Gasteiger partial charge in [0.2, 0.25) is 10.0 Å². The van der Waals surface area contributed by atoms with Crippen molar-refractivity contribution < 1.29 is 8.42 Å². The van der Waals surface area contributed by atoms with Crippen LogP contribution in [0, 0.1) is 6.92 Å². The summed E-state index contributed by atoms with van der Waals surface area (Å²) in [6, 6.07) is 14.7. The van der Waals surface area contributed by atoms with Crippen molar-refractivity contribution in [2.75, 3.05) is 7.05 Å². The Labute approximate surface area is 166 Å². The summed E-state index contributed by atoms with van der Waals surface area (Å²) in [5.74, 6) is 0.638. The van der Waals surface area contributed by atoms with Crippen LogP contribution in [0.25, 0.3) is 0 Å². The number of benzene rings is 2. The van der Waals surface area contributed by atoms with Gasteiger partial charge in [0.25, 0.3) is 0 Å². The molecule has 136 valence electrons. The van der Waals surface area contributed by atoms with E-state index < -0.39 is 10.0 Å². The molecule has 0 saturated heterocycles. The van der Waals surface area contributed by atoms with E-state index in [1.807, 2.05) is 18.2 Å². The molecule has 0 heterocycles. The molecule has 0 atom stereocenters. The predicted octanol–water partition coefficient (Wildman–Crippen LogP) is 2.13. The van der Waals surface area contributed by atoms with E-state index in [2.05, 4.69) is 34.7 Å². The lowest BCUT2D eigenvalue weighted by molar-refractivity contribution is 0.597. The van der Waals surface area contributed by atoms with Crippen LogP contribution in [0.1, 0.15) is 16.7 Å². The molecule has 0 aliphatic heterocycles. The van der Waals surface area contributed by atoms with Gasteiger partial charge in [-0.15, -0.1) is 24.0 Å². The number of nitrogens with two attached hydrogens (primary N) is 1. The van der Waals surface area contributed by atoms with Crippen LogP contribution in [0.3, 0.4) is 0 Å². The monoisotopic (exact) mass is 474 g/mol. The van der Waals surface area contributed by atoms with Crippen molar-refractivity contribution in [3.8, 4) is 0 Å². The summed E-state index contributed by atoms with van der Waals surface area (Å²) >= 11 is 0. The fourth-order valence-corrected chi connectivity index (χ4v) is 2.81. The molecular weight excluding hydrogens is 451 g/mol. The number of sulfonamides is 1. The average molecular weight is 474 g/mol. The normalized spacial score (nSPS) is 11.6. The molecular formula is C17H23IN4O2S. The molecule has 0 aromatic heterocycles. The molecule has 2 aromatic carbocycles. The van der Waals surface area contributed by atoms with Gasteiger partial charge in [-0.25, -0.2) is 13.6 Å². The van der Waals surface area contributed by atoms with Gasteiger partial charge in [-0.05, 0) is 35.7 Å². The smallest absolute Gasteiger partial charge is 0.238 e. The molecule has 2 aromatic rings. The molecule has 6 nitrogen and oxygen atoms in total. The molecule has 0 amide bonds. The summed E-state index contributed by atoms with van der Waals surface area (Å²) < 4.78 is 22.8. The van der Waals surface area contributed by atoms with E-state index in [-0.39, 0.29) is 28.9 Å². The highest BCUT2D eigenvalue weighted by molar-refractivity contribution is 14.0. The van der Waals surface area contributed by atoms with Crippen LogP contribution in [0.4, 0.5) is 0 Å². The molecule has 8 heteroatoms. The minimum Gasteiger partial charge on any atom is -0.352 e. The molecule has 0 aliphatic carbocycles. The van der Waals surface area contributed by atoms with Crippen molar-refractivity contribution in [2.24, 2.45) is 10.1 Å². The molecule has 0 aliphatic rings. The number of rotatable bonds is 5. The second-order valence-corrected chi connectivity index (χ2v) is 6.96. The third-order valence-electron chi connectivity index (χ3n) is 3.62. The van der Waals surface area contributed by atoms with E-state index in [9.17, 15) is 8.42 Å². The third kappa shape index (κ3) is 6.63. The number of primary sulfonamides is 1. The van der Waals surface area contributed by atoms with Gasteiger partial charge in [0.1, 0.15) is 0 Å². The lowest BCUT2D eigenvalue weighted by Gasteiger charge is -2.13. The number of aryl methyl sites for hydroxylation is 1. The number of guanidine groups is 1. The van der Waals surface area contributed by atoms with Crippen LogP contribution in [-0.4, -0.2) is 21.4 Å². The predicted molar refractivity (Wildman–Crippen MR) is 111 cm³/mol. The first-order chi connectivity index (χ1) is 11.4. The number of hydrogen-bond acceptors (Lipinski definition) is 3. The van der Waals surface area contributed by atoms with Gasteiger partial charge in [-0.2, -0.15) is 0 Å². The van der Waals surface area contributed by atoms with Crippen molar-refractivity contribution >= 4 is 40.0 Å². The Balaban J connectivity index is 0.00000312. The fourth-order valence-electron chi connectivity index (χ4n) is 2.23. The minimum absolute atomic E-state index is 0. The zero-order chi connectivity index (χ0) is 17.6. The maximum absolute atomic E-state index is 11.4. The summed E-state index contributed by atoms with van der Waals surface area (Å²) in [4.78, 5) is 4.27. The molecule has 0 radical (unpaired) electrons. The molecule has 25 heavy (non-hydrogen) atoms. The van der Waals surface area contributed by atoms with Gasteiger partial charge in [0.15, 0.2) is 5.96 Å². The number of nitrogens with zero attached hydrogens (tertiary/aromatic N) is 1. The molecule has 0 fully saturated rings. The Bertz CT molecular complexity index is 838. The van der Waals surface area contributed by atoms with Crippen molar-refractivity contribution in [3.63, 3.8) is 0 Å². The first-order valence-electron chi connectivity index (χ1n) is 7.51. The van der Waals surface area contributed by atoms with E-state index >= 15 is 0 Å². The van der Waals surface area contributed by atoms with E-state index in [4.69, 9.17) is 5.14 Å². The van der Waals surface area contributed by atoms with Crippen molar-refractivity contribution in [3.05, 3.63) is 65.2 Å². The molecule has 0 unspecified atom stereocenters. The van der Waals surface area contributed by atoms with E-state index in [1.165, 1.54) is 17.2 Å². The summed E-state index contributed by atoms with van der Waals surface area (Å²) in [5, 5.41) is 11.5. The Morgan fingerprint density at radius 3 is 2.40 bits per heavy atom. The largest absolute Gasteiger partial charge is 0.352 e. The van der Waals surface area contributed by atoms with E-state index in [1.54, 1.807) is 19.2 Å². The van der Waals surface area contributed by atoms with E-state index in [0.717, 1.165) is 5.56 Å². The van der Waals surface area contributed by atoms with E-state index in [0.29, 0.717) is 19.0 Å². The molecule has 0 bridgehead atoms.